The number of carboxylic acid groups (broad SMARTS) is 1. The molecule has 0 saturated heterocycles. The molecule has 2 heterocycles. The molecule has 0 radical (unpaired) electrons. The number of thiophene rings is 1. The molecule has 7 heteroatoms. The summed E-state index contributed by atoms with van der Waals surface area (Å²) in [5, 5.41) is 12.8. The highest BCUT2D eigenvalue weighted by atomic mass is 32.1. The number of anilines is 1. The van der Waals surface area contributed by atoms with Crippen molar-refractivity contribution in [3.8, 4) is 0 Å². The first-order valence-corrected chi connectivity index (χ1v) is 5.84. The van der Waals surface area contributed by atoms with E-state index in [4.69, 9.17) is 5.11 Å². The van der Waals surface area contributed by atoms with Gasteiger partial charge in [0, 0.05) is 18.5 Å². The topological polar surface area (TPSA) is 95.1 Å². The first kappa shape index (κ1) is 12.1. The van der Waals surface area contributed by atoms with Gasteiger partial charge in [0.05, 0.1) is 4.88 Å². The zero-order valence-electron chi connectivity index (χ0n) is 9.08. The molecule has 0 aliphatic rings. The number of aromatic amines is 1. The van der Waals surface area contributed by atoms with Crippen LogP contribution in [0.25, 0.3) is 6.08 Å². The van der Waals surface area contributed by atoms with Gasteiger partial charge in [-0.25, -0.2) is 9.78 Å². The Hall–Kier alpha value is -2.41. The molecule has 18 heavy (non-hydrogen) atoms. The predicted octanol–water partition coefficient (Wildman–Crippen LogP) is 1.82. The third kappa shape index (κ3) is 2.83. The summed E-state index contributed by atoms with van der Waals surface area (Å²) < 4.78 is 0. The molecule has 3 N–H and O–H groups in total. The number of aliphatic carboxylic acids is 1. The van der Waals surface area contributed by atoms with Crippen molar-refractivity contribution in [3.05, 3.63) is 40.4 Å². The minimum atomic E-state index is -1.06. The molecule has 0 aliphatic heterocycles. The fourth-order valence-corrected chi connectivity index (χ4v) is 2.07. The second kappa shape index (κ2) is 5.28. The Kier molecular flexibility index (Phi) is 3.54. The average Bonchev–Trinajstić information content (AvgIpc) is 2.96. The number of hydrogen-bond acceptors (Lipinski definition) is 4. The van der Waals surface area contributed by atoms with Crippen LogP contribution in [0.4, 0.5) is 5.95 Å². The fraction of sp³-hybridized carbons (Fsp3) is 0. The lowest BCUT2D eigenvalue weighted by Crippen LogP contribution is -2.12. The number of carbonyl (C=O) groups is 2. The molecule has 2 aromatic heterocycles. The molecule has 0 bridgehead atoms. The number of nitrogens with one attached hydrogen (secondary N) is 2. The van der Waals surface area contributed by atoms with E-state index in [-0.39, 0.29) is 5.91 Å². The lowest BCUT2D eigenvalue weighted by molar-refractivity contribution is -0.131. The fourth-order valence-electron chi connectivity index (χ4n) is 1.29. The van der Waals surface area contributed by atoms with E-state index in [1.54, 1.807) is 17.6 Å². The zero-order chi connectivity index (χ0) is 13.0. The van der Waals surface area contributed by atoms with Crippen LogP contribution in [-0.2, 0) is 4.79 Å². The molecule has 0 aromatic carbocycles. The van der Waals surface area contributed by atoms with E-state index < -0.39 is 5.97 Å². The highest BCUT2D eigenvalue weighted by Crippen LogP contribution is 2.19. The molecule has 0 spiro atoms. The normalized spacial score (nSPS) is 10.7. The second-order valence-electron chi connectivity index (χ2n) is 3.27. The van der Waals surface area contributed by atoms with Crippen LogP contribution in [0.2, 0.25) is 0 Å². The average molecular weight is 263 g/mol. The molecule has 0 atom stereocenters. The maximum Gasteiger partial charge on any atom is 0.328 e. The summed E-state index contributed by atoms with van der Waals surface area (Å²) in [5.41, 5.74) is 0.562. The number of rotatable bonds is 4. The van der Waals surface area contributed by atoms with Gasteiger partial charge in [0.1, 0.15) is 0 Å². The lowest BCUT2D eigenvalue weighted by atomic mass is 10.2. The van der Waals surface area contributed by atoms with Gasteiger partial charge in [-0.1, -0.05) is 0 Å². The van der Waals surface area contributed by atoms with Crippen molar-refractivity contribution in [2.24, 2.45) is 0 Å². The molecular weight excluding hydrogens is 254 g/mol. The number of hydrogen-bond donors (Lipinski definition) is 3. The van der Waals surface area contributed by atoms with Crippen LogP contribution in [0.1, 0.15) is 15.2 Å². The van der Waals surface area contributed by atoms with E-state index in [1.807, 2.05) is 0 Å². The molecule has 2 rings (SSSR count). The van der Waals surface area contributed by atoms with Gasteiger partial charge >= 0.3 is 5.97 Å². The SMILES string of the molecule is O=C(O)C=Cc1ccsc1C(=O)Nc1ncc[nH]1. The molecule has 92 valence electrons. The van der Waals surface area contributed by atoms with Gasteiger partial charge in [0.2, 0.25) is 5.95 Å². The Labute approximate surface area is 106 Å². The Morgan fingerprint density at radius 1 is 1.50 bits per heavy atom. The first-order valence-electron chi connectivity index (χ1n) is 4.96. The van der Waals surface area contributed by atoms with Crippen molar-refractivity contribution in [2.45, 2.75) is 0 Å². The van der Waals surface area contributed by atoms with Gasteiger partial charge in [-0.3, -0.25) is 10.1 Å². The van der Waals surface area contributed by atoms with Gasteiger partial charge in [-0.2, -0.15) is 0 Å². The van der Waals surface area contributed by atoms with Crippen LogP contribution in [0.15, 0.2) is 29.9 Å². The van der Waals surface area contributed by atoms with Gasteiger partial charge in [-0.05, 0) is 23.1 Å². The van der Waals surface area contributed by atoms with E-state index in [0.717, 1.165) is 6.08 Å². The minimum Gasteiger partial charge on any atom is -0.478 e. The standard InChI is InChI=1S/C11H9N3O3S/c15-8(16)2-1-7-3-6-18-9(7)10(17)14-11-12-4-5-13-11/h1-6H,(H,15,16)(H2,12,13,14,17). The third-order valence-electron chi connectivity index (χ3n) is 2.04. The number of imidazole rings is 1. The molecule has 1 amide bonds. The van der Waals surface area contributed by atoms with Crippen LogP contribution in [0, 0.1) is 0 Å². The van der Waals surface area contributed by atoms with Crippen molar-refractivity contribution >= 4 is 35.2 Å². The predicted molar refractivity (Wildman–Crippen MR) is 67.5 cm³/mol. The monoisotopic (exact) mass is 263 g/mol. The Bertz CT molecular complexity index is 586. The number of nitrogens with zero attached hydrogens (tertiary/aromatic N) is 1. The summed E-state index contributed by atoms with van der Waals surface area (Å²) in [5.74, 6) is -1.04. The van der Waals surface area contributed by atoms with E-state index in [9.17, 15) is 9.59 Å². The summed E-state index contributed by atoms with van der Waals surface area (Å²) >= 11 is 1.23. The molecule has 0 aliphatic carbocycles. The number of aromatic nitrogens is 2. The third-order valence-corrected chi connectivity index (χ3v) is 2.97. The van der Waals surface area contributed by atoms with Crippen LogP contribution < -0.4 is 5.32 Å². The van der Waals surface area contributed by atoms with Crippen molar-refractivity contribution < 1.29 is 14.7 Å². The summed E-state index contributed by atoms with van der Waals surface area (Å²) in [6.07, 6.45) is 5.49. The molecule has 2 aromatic rings. The molecular formula is C11H9N3O3S. The molecule has 0 unspecified atom stereocenters. The zero-order valence-corrected chi connectivity index (χ0v) is 9.90. The lowest BCUT2D eigenvalue weighted by Gasteiger charge is -2.00. The van der Waals surface area contributed by atoms with Gasteiger partial charge in [-0.15, -0.1) is 11.3 Å². The highest BCUT2D eigenvalue weighted by molar-refractivity contribution is 7.12. The van der Waals surface area contributed by atoms with Crippen LogP contribution in [0.5, 0.6) is 0 Å². The maximum atomic E-state index is 11.9. The van der Waals surface area contributed by atoms with E-state index >= 15 is 0 Å². The van der Waals surface area contributed by atoms with Crippen LogP contribution in [-0.4, -0.2) is 27.0 Å². The Balaban J connectivity index is 2.16. The number of carbonyl (C=O) groups excluding carboxylic acids is 1. The number of carboxylic acids is 1. The maximum absolute atomic E-state index is 11.9. The summed E-state index contributed by atoms with van der Waals surface area (Å²) in [4.78, 5) is 29.4. The largest absolute Gasteiger partial charge is 0.478 e. The molecule has 0 fully saturated rings. The number of amides is 1. The van der Waals surface area contributed by atoms with Gasteiger partial charge in [0.25, 0.3) is 5.91 Å². The smallest absolute Gasteiger partial charge is 0.328 e. The van der Waals surface area contributed by atoms with E-state index in [1.165, 1.54) is 23.6 Å². The Morgan fingerprint density at radius 2 is 2.33 bits per heavy atom. The summed E-state index contributed by atoms with van der Waals surface area (Å²) in [7, 11) is 0. The van der Waals surface area contributed by atoms with E-state index in [0.29, 0.717) is 16.4 Å². The summed E-state index contributed by atoms with van der Waals surface area (Å²) in [6, 6.07) is 1.68. The van der Waals surface area contributed by atoms with Crippen molar-refractivity contribution in [3.63, 3.8) is 0 Å². The first-order chi connectivity index (χ1) is 8.66. The molecule has 0 saturated carbocycles. The summed E-state index contributed by atoms with van der Waals surface area (Å²) in [6.45, 7) is 0. The van der Waals surface area contributed by atoms with E-state index in [2.05, 4.69) is 15.3 Å². The Morgan fingerprint density at radius 3 is 3.00 bits per heavy atom. The second-order valence-corrected chi connectivity index (χ2v) is 4.18. The minimum absolute atomic E-state index is 0.329. The van der Waals surface area contributed by atoms with Crippen molar-refractivity contribution in [1.29, 1.82) is 0 Å². The van der Waals surface area contributed by atoms with Crippen molar-refractivity contribution in [1.82, 2.24) is 9.97 Å². The van der Waals surface area contributed by atoms with Gasteiger partial charge in [0.15, 0.2) is 0 Å². The highest BCUT2D eigenvalue weighted by Gasteiger charge is 2.12. The van der Waals surface area contributed by atoms with Crippen LogP contribution in [0.3, 0.4) is 0 Å². The quantitative estimate of drug-likeness (QED) is 0.733. The van der Waals surface area contributed by atoms with Gasteiger partial charge < -0.3 is 10.1 Å². The van der Waals surface area contributed by atoms with Crippen molar-refractivity contribution in [2.75, 3.05) is 5.32 Å². The molecule has 6 nitrogen and oxygen atoms in total. The number of H-pyrrole nitrogens is 1. The van der Waals surface area contributed by atoms with Crippen LogP contribution >= 0.6 is 11.3 Å².